The molecule has 0 aliphatic rings. The minimum atomic E-state index is 0.0509. The number of phenolic OH excluding ortho intramolecular Hbond substituents is 1. The highest BCUT2D eigenvalue weighted by Crippen LogP contribution is 2.18. The summed E-state index contributed by atoms with van der Waals surface area (Å²) in [6, 6.07) is 10.5. The lowest BCUT2D eigenvalue weighted by atomic mass is 10.1. The lowest BCUT2D eigenvalue weighted by molar-refractivity contribution is 0.111. The van der Waals surface area contributed by atoms with Gasteiger partial charge in [0.25, 0.3) is 0 Å². The Morgan fingerprint density at radius 2 is 1.52 bits per heavy atom. The van der Waals surface area contributed by atoms with Crippen molar-refractivity contribution in [1.82, 2.24) is 0 Å². The van der Waals surface area contributed by atoms with Crippen molar-refractivity contribution in [3.05, 3.63) is 58.7 Å². The van der Waals surface area contributed by atoms with Gasteiger partial charge in [-0.25, -0.2) is 0 Å². The third-order valence-electron chi connectivity index (χ3n) is 3.36. The molecule has 0 heterocycles. The fraction of sp³-hybridized carbons (Fsp3) is 0.300. The van der Waals surface area contributed by atoms with E-state index in [9.17, 15) is 9.59 Å². The normalized spacial score (nSPS) is 9.72. The van der Waals surface area contributed by atoms with Gasteiger partial charge in [-0.2, -0.15) is 0 Å². The molecule has 134 valence electrons. The zero-order valence-corrected chi connectivity index (χ0v) is 14.8. The smallest absolute Gasteiger partial charge is 0.153 e. The predicted octanol–water partition coefficient (Wildman–Crippen LogP) is 3.74. The summed E-state index contributed by atoms with van der Waals surface area (Å²) in [6.07, 6.45) is 2.27. The summed E-state index contributed by atoms with van der Waals surface area (Å²) in [7, 11) is 1.66. The fourth-order valence-electron chi connectivity index (χ4n) is 2.00. The molecule has 0 bridgehead atoms. The van der Waals surface area contributed by atoms with Crippen LogP contribution in [0.1, 0.15) is 38.3 Å². The van der Waals surface area contributed by atoms with E-state index in [0.29, 0.717) is 36.4 Å². The zero-order valence-electron chi connectivity index (χ0n) is 14.8. The number of aromatic hydroxyl groups is 1. The van der Waals surface area contributed by atoms with Crippen molar-refractivity contribution in [2.45, 2.75) is 20.3 Å². The standard InChI is InChI=1S/C12H16O3.C8H8O2/c1-10-4-5-11(9-13)12(8-10)15-7-3-6-14-2;1-6-2-3-7(5-9)8(10)4-6/h4-5,8-9H,3,6-7H2,1-2H3;2-5,10H,1H3. The highest BCUT2D eigenvalue weighted by molar-refractivity contribution is 5.79. The number of aldehydes is 2. The van der Waals surface area contributed by atoms with Crippen molar-refractivity contribution in [3.63, 3.8) is 0 Å². The molecule has 2 aromatic carbocycles. The van der Waals surface area contributed by atoms with E-state index in [2.05, 4.69) is 0 Å². The van der Waals surface area contributed by atoms with Crippen LogP contribution >= 0.6 is 0 Å². The number of methoxy groups -OCH3 is 1. The first-order chi connectivity index (χ1) is 12.0. The van der Waals surface area contributed by atoms with E-state index < -0.39 is 0 Å². The third kappa shape index (κ3) is 7.18. The molecule has 0 spiro atoms. The molecule has 2 rings (SSSR count). The number of hydrogen-bond donors (Lipinski definition) is 1. The molecule has 0 aromatic heterocycles. The summed E-state index contributed by atoms with van der Waals surface area (Å²) in [6.45, 7) is 5.06. The van der Waals surface area contributed by atoms with Crippen LogP contribution in [0.4, 0.5) is 0 Å². The van der Waals surface area contributed by atoms with Crippen molar-refractivity contribution >= 4 is 12.6 Å². The molecule has 5 heteroatoms. The number of benzene rings is 2. The van der Waals surface area contributed by atoms with Crippen LogP contribution in [0.15, 0.2) is 36.4 Å². The van der Waals surface area contributed by atoms with Gasteiger partial charge in [0.1, 0.15) is 11.5 Å². The van der Waals surface area contributed by atoms with Crippen LogP contribution in [0.2, 0.25) is 0 Å². The quantitative estimate of drug-likeness (QED) is 0.612. The summed E-state index contributed by atoms with van der Waals surface area (Å²) in [5, 5.41) is 9.06. The zero-order chi connectivity index (χ0) is 18.7. The van der Waals surface area contributed by atoms with Gasteiger partial charge in [0.05, 0.1) is 17.7 Å². The Labute approximate surface area is 148 Å². The van der Waals surface area contributed by atoms with E-state index in [0.717, 1.165) is 23.8 Å². The first-order valence-corrected chi connectivity index (χ1v) is 7.94. The Morgan fingerprint density at radius 3 is 2.08 bits per heavy atom. The van der Waals surface area contributed by atoms with Gasteiger partial charge in [-0.15, -0.1) is 0 Å². The monoisotopic (exact) mass is 344 g/mol. The molecule has 1 N–H and O–H groups in total. The van der Waals surface area contributed by atoms with Gasteiger partial charge in [-0.3, -0.25) is 9.59 Å². The van der Waals surface area contributed by atoms with Gasteiger partial charge in [-0.05, 0) is 49.2 Å². The number of phenols is 1. The van der Waals surface area contributed by atoms with Gasteiger partial charge in [-0.1, -0.05) is 12.1 Å². The second kappa shape index (κ2) is 11.0. The molecule has 0 aliphatic heterocycles. The molecular weight excluding hydrogens is 320 g/mol. The van der Waals surface area contributed by atoms with Crippen molar-refractivity contribution in [2.24, 2.45) is 0 Å². The van der Waals surface area contributed by atoms with Crippen LogP contribution in [0.25, 0.3) is 0 Å². The molecule has 0 fully saturated rings. The maximum atomic E-state index is 10.7. The van der Waals surface area contributed by atoms with E-state index >= 15 is 0 Å². The molecule has 25 heavy (non-hydrogen) atoms. The van der Waals surface area contributed by atoms with Crippen molar-refractivity contribution < 1.29 is 24.2 Å². The van der Waals surface area contributed by atoms with Crippen molar-refractivity contribution in [2.75, 3.05) is 20.3 Å². The number of aryl methyl sites for hydroxylation is 2. The predicted molar refractivity (Wildman–Crippen MR) is 96.8 cm³/mol. The Kier molecular flexibility index (Phi) is 8.96. The van der Waals surface area contributed by atoms with E-state index in [1.54, 1.807) is 31.4 Å². The Morgan fingerprint density at radius 1 is 0.920 bits per heavy atom. The largest absolute Gasteiger partial charge is 0.507 e. The summed E-state index contributed by atoms with van der Waals surface area (Å²) >= 11 is 0. The molecule has 0 saturated carbocycles. The van der Waals surface area contributed by atoms with Crippen molar-refractivity contribution in [3.8, 4) is 11.5 Å². The molecule has 0 aliphatic carbocycles. The summed E-state index contributed by atoms with van der Waals surface area (Å²) in [5.41, 5.74) is 2.97. The molecule has 0 atom stereocenters. The summed E-state index contributed by atoms with van der Waals surface area (Å²) in [4.78, 5) is 20.9. The van der Waals surface area contributed by atoms with Crippen LogP contribution < -0.4 is 4.74 Å². The average molecular weight is 344 g/mol. The molecule has 0 saturated heterocycles. The minimum Gasteiger partial charge on any atom is -0.507 e. The van der Waals surface area contributed by atoms with Crippen LogP contribution in [0.5, 0.6) is 11.5 Å². The molecular formula is C20H24O5. The van der Waals surface area contributed by atoms with E-state index in [1.807, 2.05) is 26.0 Å². The van der Waals surface area contributed by atoms with Crippen LogP contribution in [0.3, 0.4) is 0 Å². The number of carbonyl (C=O) groups is 2. The van der Waals surface area contributed by atoms with Crippen molar-refractivity contribution in [1.29, 1.82) is 0 Å². The van der Waals surface area contributed by atoms with Gasteiger partial charge < -0.3 is 14.6 Å². The van der Waals surface area contributed by atoms with E-state index in [-0.39, 0.29) is 5.75 Å². The number of rotatable bonds is 7. The first kappa shape index (κ1) is 20.4. The SMILES string of the molecule is COCCCOc1cc(C)ccc1C=O.Cc1ccc(C=O)c(O)c1. The molecule has 5 nitrogen and oxygen atoms in total. The van der Waals surface area contributed by atoms with Crippen LogP contribution in [-0.2, 0) is 4.74 Å². The van der Waals surface area contributed by atoms with Gasteiger partial charge in [0.15, 0.2) is 12.6 Å². The third-order valence-corrected chi connectivity index (χ3v) is 3.36. The molecule has 0 unspecified atom stereocenters. The second-order valence-electron chi connectivity index (χ2n) is 5.53. The maximum absolute atomic E-state index is 10.7. The summed E-state index contributed by atoms with van der Waals surface area (Å²) < 4.78 is 10.4. The lowest BCUT2D eigenvalue weighted by Gasteiger charge is -2.08. The highest BCUT2D eigenvalue weighted by Gasteiger charge is 2.02. The highest BCUT2D eigenvalue weighted by atomic mass is 16.5. The number of hydrogen-bond acceptors (Lipinski definition) is 5. The van der Waals surface area contributed by atoms with E-state index in [1.165, 1.54) is 0 Å². The average Bonchev–Trinajstić information content (AvgIpc) is 2.60. The Bertz CT molecular complexity index is 694. The van der Waals surface area contributed by atoms with Gasteiger partial charge in [0, 0.05) is 20.1 Å². The van der Waals surface area contributed by atoms with Crippen LogP contribution in [0, 0.1) is 13.8 Å². The Balaban J connectivity index is 0.000000271. The van der Waals surface area contributed by atoms with E-state index in [4.69, 9.17) is 14.6 Å². The molecule has 0 amide bonds. The topological polar surface area (TPSA) is 72.8 Å². The van der Waals surface area contributed by atoms with Gasteiger partial charge in [0.2, 0.25) is 0 Å². The Hall–Kier alpha value is -2.66. The molecule has 0 radical (unpaired) electrons. The minimum absolute atomic E-state index is 0.0509. The van der Waals surface area contributed by atoms with Crippen LogP contribution in [-0.4, -0.2) is 38.0 Å². The number of carbonyl (C=O) groups excluding carboxylic acids is 2. The lowest BCUT2D eigenvalue weighted by Crippen LogP contribution is -2.03. The maximum Gasteiger partial charge on any atom is 0.153 e. The van der Waals surface area contributed by atoms with Gasteiger partial charge >= 0.3 is 0 Å². The summed E-state index contributed by atoms with van der Waals surface area (Å²) in [5.74, 6) is 0.705. The number of ether oxygens (including phenoxy) is 2. The second-order valence-corrected chi connectivity index (χ2v) is 5.53. The molecule has 2 aromatic rings. The fourth-order valence-corrected chi connectivity index (χ4v) is 2.00. The first-order valence-electron chi connectivity index (χ1n) is 7.94.